The summed E-state index contributed by atoms with van der Waals surface area (Å²) in [6.45, 7) is 0. The summed E-state index contributed by atoms with van der Waals surface area (Å²) < 4.78 is 0.633. The molecule has 1 heterocycles. The van der Waals surface area contributed by atoms with Crippen LogP contribution in [-0.4, -0.2) is 27.1 Å². The van der Waals surface area contributed by atoms with Crippen molar-refractivity contribution < 1.29 is 19.8 Å². The summed E-state index contributed by atoms with van der Waals surface area (Å²) in [6, 6.07) is 5.19. The third-order valence-electron chi connectivity index (χ3n) is 2.46. The van der Waals surface area contributed by atoms with Crippen molar-refractivity contribution in [2.24, 2.45) is 0 Å². The Hall–Kier alpha value is -2.41. The van der Waals surface area contributed by atoms with Gasteiger partial charge in [-0.3, -0.25) is 9.78 Å². The zero-order chi connectivity index (χ0) is 14.7. The number of hydrogen-bond donors (Lipinski definition) is 3. The Bertz CT molecular complexity index is 688. The first-order valence-corrected chi connectivity index (χ1v) is 6.25. The van der Waals surface area contributed by atoms with Crippen LogP contribution in [0.15, 0.2) is 41.1 Å². The summed E-state index contributed by atoms with van der Waals surface area (Å²) in [4.78, 5) is 26.7. The van der Waals surface area contributed by atoms with E-state index in [2.05, 4.69) is 26.2 Å². The Morgan fingerprint density at radius 3 is 2.55 bits per heavy atom. The van der Waals surface area contributed by atoms with Crippen molar-refractivity contribution in [1.82, 2.24) is 4.98 Å². The van der Waals surface area contributed by atoms with Gasteiger partial charge in [0.1, 0.15) is 5.75 Å². The highest BCUT2D eigenvalue weighted by Gasteiger charge is 2.12. The molecule has 20 heavy (non-hydrogen) atoms. The third kappa shape index (κ3) is 3.12. The number of nitrogens with zero attached hydrogens (tertiary/aromatic N) is 1. The first kappa shape index (κ1) is 14.0. The van der Waals surface area contributed by atoms with Crippen molar-refractivity contribution in [3.05, 3.63) is 52.3 Å². The Morgan fingerprint density at radius 1 is 1.15 bits per heavy atom. The number of rotatable bonds is 3. The van der Waals surface area contributed by atoms with E-state index in [1.54, 1.807) is 6.07 Å². The summed E-state index contributed by atoms with van der Waals surface area (Å²) in [5.74, 6) is -1.87. The monoisotopic (exact) mass is 336 g/mol. The average Bonchev–Trinajstić information content (AvgIpc) is 2.41. The number of carbonyl (C=O) groups excluding carboxylic acids is 1. The number of phenols is 1. The minimum atomic E-state index is -1.15. The normalized spacial score (nSPS) is 10.1. The van der Waals surface area contributed by atoms with E-state index < -0.39 is 11.9 Å². The molecule has 0 aliphatic carbocycles. The van der Waals surface area contributed by atoms with Crippen LogP contribution < -0.4 is 5.32 Å². The molecule has 0 unspecified atom stereocenters. The van der Waals surface area contributed by atoms with E-state index in [1.807, 2.05) is 0 Å². The molecule has 2 rings (SSSR count). The lowest BCUT2D eigenvalue weighted by molar-refractivity contribution is 0.0696. The summed E-state index contributed by atoms with van der Waals surface area (Å²) in [7, 11) is 0. The Morgan fingerprint density at radius 2 is 1.90 bits per heavy atom. The van der Waals surface area contributed by atoms with Crippen LogP contribution in [0.2, 0.25) is 0 Å². The number of pyridine rings is 1. The molecule has 1 aromatic carbocycles. The summed E-state index contributed by atoms with van der Waals surface area (Å²) >= 11 is 3.19. The summed E-state index contributed by atoms with van der Waals surface area (Å²) in [5, 5.41) is 20.9. The van der Waals surface area contributed by atoms with Crippen molar-refractivity contribution >= 4 is 33.5 Å². The second-order valence-electron chi connectivity index (χ2n) is 3.88. The lowest BCUT2D eigenvalue weighted by Crippen LogP contribution is -2.13. The maximum Gasteiger partial charge on any atom is 0.335 e. The molecule has 1 aromatic heterocycles. The van der Waals surface area contributed by atoms with Crippen molar-refractivity contribution in [1.29, 1.82) is 0 Å². The highest BCUT2D eigenvalue weighted by molar-refractivity contribution is 9.10. The molecule has 0 saturated heterocycles. The van der Waals surface area contributed by atoms with E-state index in [9.17, 15) is 14.7 Å². The lowest BCUT2D eigenvalue weighted by atomic mass is 10.1. The number of amides is 1. The first-order chi connectivity index (χ1) is 9.47. The molecule has 0 saturated carbocycles. The highest BCUT2D eigenvalue weighted by atomic mass is 79.9. The minimum Gasteiger partial charge on any atom is -0.506 e. The topological polar surface area (TPSA) is 99.5 Å². The van der Waals surface area contributed by atoms with Crippen molar-refractivity contribution in [2.75, 3.05) is 5.32 Å². The van der Waals surface area contributed by atoms with Gasteiger partial charge < -0.3 is 15.5 Å². The molecule has 0 spiro atoms. The van der Waals surface area contributed by atoms with Gasteiger partial charge in [0.15, 0.2) is 0 Å². The number of anilines is 1. The summed E-state index contributed by atoms with van der Waals surface area (Å²) in [6.07, 6.45) is 2.89. The number of aromatic carboxylic acids is 1. The van der Waals surface area contributed by atoms with Gasteiger partial charge >= 0.3 is 5.97 Å². The number of halogens is 1. The van der Waals surface area contributed by atoms with Gasteiger partial charge in [-0.25, -0.2) is 4.79 Å². The number of carboxylic acids is 1. The molecule has 3 N–H and O–H groups in total. The molecule has 102 valence electrons. The van der Waals surface area contributed by atoms with E-state index in [4.69, 9.17) is 5.11 Å². The number of aromatic nitrogens is 1. The van der Waals surface area contributed by atoms with Gasteiger partial charge in [0.05, 0.1) is 16.8 Å². The van der Waals surface area contributed by atoms with E-state index >= 15 is 0 Å². The number of carbonyl (C=O) groups is 2. The van der Waals surface area contributed by atoms with Gasteiger partial charge in [0.2, 0.25) is 0 Å². The molecule has 0 aliphatic rings. The SMILES string of the molecule is O=C(O)c1ccc(O)c(NC(=O)c2cncc(Br)c2)c1. The van der Waals surface area contributed by atoms with Gasteiger partial charge in [-0.1, -0.05) is 0 Å². The molecule has 0 fully saturated rings. The maximum atomic E-state index is 12.0. The van der Waals surface area contributed by atoms with E-state index in [0.29, 0.717) is 4.47 Å². The van der Waals surface area contributed by atoms with E-state index in [-0.39, 0.29) is 22.6 Å². The molecule has 0 radical (unpaired) electrons. The molecule has 0 aliphatic heterocycles. The fraction of sp³-hybridized carbons (Fsp3) is 0. The van der Waals surface area contributed by atoms with Crippen molar-refractivity contribution in [3.63, 3.8) is 0 Å². The third-order valence-corrected chi connectivity index (χ3v) is 2.89. The van der Waals surface area contributed by atoms with Gasteiger partial charge in [-0.05, 0) is 40.2 Å². The van der Waals surface area contributed by atoms with Crippen molar-refractivity contribution in [2.45, 2.75) is 0 Å². The van der Waals surface area contributed by atoms with Gasteiger partial charge in [-0.2, -0.15) is 0 Å². The molecule has 7 heteroatoms. The highest BCUT2D eigenvalue weighted by Crippen LogP contribution is 2.25. The molecule has 0 atom stereocenters. The fourth-order valence-electron chi connectivity index (χ4n) is 1.50. The maximum absolute atomic E-state index is 12.0. The smallest absolute Gasteiger partial charge is 0.335 e. The zero-order valence-corrected chi connectivity index (χ0v) is 11.6. The predicted molar refractivity (Wildman–Crippen MR) is 75.0 cm³/mol. The second kappa shape index (κ2) is 5.70. The molecular weight excluding hydrogens is 328 g/mol. The first-order valence-electron chi connectivity index (χ1n) is 5.45. The summed E-state index contributed by atoms with van der Waals surface area (Å²) in [5.41, 5.74) is 0.264. The van der Waals surface area contributed by atoms with Crippen LogP contribution in [0.1, 0.15) is 20.7 Å². The number of hydrogen-bond acceptors (Lipinski definition) is 4. The van der Waals surface area contributed by atoms with Crippen LogP contribution in [0.4, 0.5) is 5.69 Å². The van der Waals surface area contributed by atoms with E-state index in [1.165, 1.54) is 30.6 Å². The number of nitrogens with one attached hydrogen (secondary N) is 1. The number of benzene rings is 1. The minimum absolute atomic E-state index is 0.0230. The van der Waals surface area contributed by atoms with Crippen LogP contribution in [0.5, 0.6) is 5.75 Å². The number of aromatic hydroxyl groups is 1. The molecule has 6 nitrogen and oxygen atoms in total. The lowest BCUT2D eigenvalue weighted by Gasteiger charge is -2.08. The van der Waals surface area contributed by atoms with Crippen LogP contribution in [0.3, 0.4) is 0 Å². The largest absolute Gasteiger partial charge is 0.506 e. The van der Waals surface area contributed by atoms with Crippen LogP contribution in [0.25, 0.3) is 0 Å². The van der Waals surface area contributed by atoms with Crippen LogP contribution in [-0.2, 0) is 0 Å². The predicted octanol–water partition coefficient (Wildman–Crippen LogP) is 2.50. The quantitative estimate of drug-likeness (QED) is 0.748. The van der Waals surface area contributed by atoms with Gasteiger partial charge in [0.25, 0.3) is 5.91 Å². The van der Waals surface area contributed by atoms with E-state index in [0.717, 1.165) is 0 Å². The van der Waals surface area contributed by atoms with Crippen molar-refractivity contribution in [3.8, 4) is 5.75 Å². The number of phenolic OH excluding ortho intramolecular Hbond substituents is 1. The second-order valence-corrected chi connectivity index (χ2v) is 4.80. The Balaban J connectivity index is 2.27. The molecule has 2 aromatic rings. The fourth-order valence-corrected chi connectivity index (χ4v) is 1.86. The average molecular weight is 337 g/mol. The van der Waals surface area contributed by atoms with Crippen LogP contribution in [0, 0.1) is 0 Å². The molecular formula is C13H9BrN2O4. The van der Waals surface area contributed by atoms with Crippen LogP contribution >= 0.6 is 15.9 Å². The Kier molecular flexibility index (Phi) is 3.99. The Labute approximate surface area is 122 Å². The molecule has 0 bridgehead atoms. The number of carboxylic acid groups (broad SMARTS) is 1. The molecule has 1 amide bonds. The van der Waals surface area contributed by atoms with Gasteiger partial charge in [0, 0.05) is 16.9 Å². The standard InChI is InChI=1S/C13H9BrN2O4/c14-9-3-8(5-15-6-9)12(18)16-10-4-7(13(19)20)1-2-11(10)17/h1-6,17H,(H,16,18)(H,19,20). The van der Waals surface area contributed by atoms with Gasteiger partial charge in [-0.15, -0.1) is 0 Å². The zero-order valence-electron chi connectivity index (χ0n) is 10.0.